The Morgan fingerprint density at radius 1 is 1.25 bits per heavy atom. The molecular weight excluding hydrogens is 489 g/mol. The maximum atomic E-state index is 12.9. The number of halogens is 2. The highest BCUT2D eigenvalue weighted by Crippen LogP contribution is 2.54. The van der Waals surface area contributed by atoms with Gasteiger partial charge in [-0.15, -0.1) is 0 Å². The highest BCUT2D eigenvalue weighted by Gasteiger charge is 2.34. The first-order valence-electron chi connectivity index (χ1n) is 9.55. The van der Waals surface area contributed by atoms with Gasteiger partial charge in [-0.25, -0.2) is 9.82 Å². The van der Waals surface area contributed by atoms with Crippen molar-refractivity contribution in [3.63, 3.8) is 0 Å². The first-order chi connectivity index (χ1) is 15.5. The molecular formula is C21H19BrFN3O6. The van der Waals surface area contributed by atoms with Gasteiger partial charge in [-0.1, -0.05) is 17.3 Å². The molecule has 1 N–H and O–H groups in total. The Bertz CT molecular complexity index is 1090. The minimum Gasteiger partial charge on any atom is -0.492 e. The van der Waals surface area contributed by atoms with E-state index in [-0.39, 0.29) is 24.7 Å². The Kier molecular flexibility index (Phi) is 6.45. The fraction of sp³-hybridized carbons (Fsp3) is 0.286. The van der Waals surface area contributed by atoms with Crippen molar-refractivity contribution >= 4 is 33.8 Å². The van der Waals surface area contributed by atoms with Crippen molar-refractivity contribution in [2.45, 2.75) is 18.9 Å². The van der Waals surface area contributed by atoms with Crippen LogP contribution in [0, 0.1) is 5.82 Å². The fourth-order valence-corrected chi connectivity index (χ4v) is 4.03. The Hall–Kier alpha value is -3.34. The van der Waals surface area contributed by atoms with Crippen molar-refractivity contribution < 1.29 is 33.0 Å². The SMILES string of the molecule is COc1c(Br)c(C[C@H]2CC(C(=O)N/N=C/c3ccc(F)cc3)=NO2)c(OC)c2c1OCO2. The second-order valence-corrected chi connectivity index (χ2v) is 7.64. The normalized spacial score (nSPS) is 16.6. The molecule has 0 saturated heterocycles. The van der Waals surface area contributed by atoms with E-state index in [0.29, 0.717) is 39.5 Å². The molecule has 0 aliphatic carbocycles. The van der Waals surface area contributed by atoms with Crippen LogP contribution in [-0.2, 0) is 16.1 Å². The number of nitrogens with zero attached hydrogens (tertiary/aromatic N) is 2. The third kappa shape index (κ3) is 4.33. The van der Waals surface area contributed by atoms with Gasteiger partial charge in [0.15, 0.2) is 11.5 Å². The van der Waals surface area contributed by atoms with E-state index in [9.17, 15) is 9.18 Å². The molecule has 0 aromatic heterocycles. The van der Waals surface area contributed by atoms with E-state index in [1.165, 1.54) is 32.6 Å². The smallest absolute Gasteiger partial charge is 0.289 e. The summed E-state index contributed by atoms with van der Waals surface area (Å²) in [6, 6.07) is 5.70. The van der Waals surface area contributed by atoms with Gasteiger partial charge in [0, 0.05) is 18.4 Å². The molecule has 9 nitrogen and oxygen atoms in total. The topological polar surface area (TPSA) is 100.0 Å². The van der Waals surface area contributed by atoms with Crippen LogP contribution in [0.1, 0.15) is 17.5 Å². The number of hydrazone groups is 1. The van der Waals surface area contributed by atoms with Crippen molar-refractivity contribution in [1.82, 2.24) is 5.43 Å². The molecule has 168 valence electrons. The lowest BCUT2D eigenvalue weighted by atomic mass is 10.0. The van der Waals surface area contributed by atoms with Crippen molar-refractivity contribution in [1.29, 1.82) is 0 Å². The molecule has 0 saturated carbocycles. The van der Waals surface area contributed by atoms with Gasteiger partial charge in [0.2, 0.25) is 18.3 Å². The number of carbonyl (C=O) groups is 1. The van der Waals surface area contributed by atoms with Crippen LogP contribution in [0.5, 0.6) is 23.0 Å². The largest absolute Gasteiger partial charge is 0.492 e. The second-order valence-electron chi connectivity index (χ2n) is 6.85. The van der Waals surface area contributed by atoms with Gasteiger partial charge in [-0.3, -0.25) is 4.79 Å². The Morgan fingerprint density at radius 3 is 2.62 bits per heavy atom. The number of rotatable bonds is 7. The van der Waals surface area contributed by atoms with Crippen LogP contribution >= 0.6 is 15.9 Å². The summed E-state index contributed by atoms with van der Waals surface area (Å²) in [7, 11) is 3.06. The maximum Gasteiger partial charge on any atom is 0.289 e. The zero-order valence-corrected chi connectivity index (χ0v) is 18.8. The number of ether oxygens (including phenoxy) is 4. The zero-order valence-electron chi connectivity index (χ0n) is 17.2. The lowest BCUT2D eigenvalue weighted by molar-refractivity contribution is -0.114. The molecule has 1 atom stereocenters. The van der Waals surface area contributed by atoms with Crippen LogP contribution < -0.4 is 24.4 Å². The van der Waals surface area contributed by atoms with Gasteiger partial charge in [0.25, 0.3) is 5.91 Å². The number of amides is 1. The summed E-state index contributed by atoms with van der Waals surface area (Å²) in [4.78, 5) is 17.8. The molecule has 0 fully saturated rings. The Morgan fingerprint density at radius 2 is 1.94 bits per heavy atom. The number of hydrogen-bond donors (Lipinski definition) is 1. The molecule has 1 amide bonds. The standard InChI is InChI=1S/C21H19BrFN3O6/c1-28-17-14(16(22)18(29-2)20-19(17)30-10-31-20)7-13-8-15(26-32-13)21(27)25-24-9-11-3-5-12(23)6-4-11/h3-6,9,13H,7-8,10H2,1-2H3,(H,25,27)/b24-9+/t13-/m0/s1. The lowest BCUT2D eigenvalue weighted by Crippen LogP contribution is -2.27. The van der Waals surface area contributed by atoms with E-state index in [2.05, 4.69) is 31.6 Å². The molecule has 0 bridgehead atoms. The number of methoxy groups -OCH3 is 2. The summed E-state index contributed by atoms with van der Waals surface area (Å²) in [6.07, 6.45) is 1.64. The number of nitrogens with one attached hydrogen (secondary N) is 1. The van der Waals surface area contributed by atoms with Crippen LogP contribution in [-0.4, -0.2) is 44.9 Å². The van der Waals surface area contributed by atoms with E-state index >= 15 is 0 Å². The van der Waals surface area contributed by atoms with Crippen LogP contribution in [0.25, 0.3) is 0 Å². The number of fused-ring (bicyclic) bond motifs is 1. The maximum absolute atomic E-state index is 12.9. The highest BCUT2D eigenvalue weighted by atomic mass is 79.9. The Labute approximate surface area is 191 Å². The predicted molar refractivity (Wildman–Crippen MR) is 116 cm³/mol. The van der Waals surface area contributed by atoms with Crippen molar-refractivity contribution in [3.05, 3.63) is 45.7 Å². The van der Waals surface area contributed by atoms with Gasteiger partial charge in [0.05, 0.1) is 24.9 Å². The molecule has 0 spiro atoms. The number of carbonyl (C=O) groups excluding carboxylic acids is 1. The summed E-state index contributed by atoms with van der Waals surface area (Å²) < 4.78 is 35.6. The molecule has 2 aliphatic heterocycles. The molecule has 0 unspecified atom stereocenters. The summed E-state index contributed by atoms with van der Waals surface area (Å²) in [5.41, 5.74) is 3.98. The van der Waals surface area contributed by atoms with Gasteiger partial charge in [-0.2, -0.15) is 5.10 Å². The quantitative estimate of drug-likeness (QED) is 0.456. The number of benzene rings is 2. The highest BCUT2D eigenvalue weighted by molar-refractivity contribution is 9.10. The van der Waals surface area contributed by atoms with E-state index in [0.717, 1.165) is 5.56 Å². The van der Waals surface area contributed by atoms with Gasteiger partial charge in [0.1, 0.15) is 17.6 Å². The van der Waals surface area contributed by atoms with Crippen LogP contribution in [0.15, 0.2) is 39.0 Å². The first kappa shape index (κ1) is 21.9. The zero-order chi connectivity index (χ0) is 22.7. The van der Waals surface area contributed by atoms with Crippen molar-refractivity contribution in [2.24, 2.45) is 10.3 Å². The number of oxime groups is 1. The van der Waals surface area contributed by atoms with Crippen molar-refractivity contribution in [3.8, 4) is 23.0 Å². The van der Waals surface area contributed by atoms with Crippen LogP contribution in [0.3, 0.4) is 0 Å². The molecule has 2 aliphatic rings. The first-order valence-corrected chi connectivity index (χ1v) is 10.3. The van der Waals surface area contributed by atoms with Gasteiger partial charge >= 0.3 is 0 Å². The fourth-order valence-electron chi connectivity index (χ4n) is 3.35. The molecule has 2 aromatic rings. The summed E-state index contributed by atoms with van der Waals surface area (Å²) in [5, 5.41) is 7.76. The van der Waals surface area contributed by atoms with Crippen LogP contribution in [0.2, 0.25) is 0 Å². The average molecular weight is 508 g/mol. The molecule has 0 radical (unpaired) electrons. The third-order valence-corrected chi connectivity index (χ3v) is 5.69. The lowest BCUT2D eigenvalue weighted by Gasteiger charge is -2.18. The van der Waals surface area contributed by atoms with Gasteiger partial charge in [-0.05, 0) is 33.6 Å². The molecule has 11 heteroatoms. The predicted octanol–water partition coefficient (Wildman–Crippen LogP) is 3.17. The number of hydrogen-bond acceptors (Lipinski definition) is 8. The summed E-state index contributed by atoms with van der Waals surface area (Å²) in [5.74, 6) is 1.06. The minimum absolute atomic E-state index is 0.0593. The second kappa shape index (κ2) is 9.43. The van der Waals surface area contributed by atoms with E-state index in [1.807, 2.05) is 0 Å². The average Bonchev–Trinajstić information content (AvgIpc) is 3.46. The van der Waals surface area contributed by atoms with Crippen LogP contribution in [0.4, 0.5) is 4.39 Å². The van der Waals surface area contributed by atoms with E-state index < -0.39 is 12.0 Å². The molecule has 4 rings (SSSR count). The monoisotopic (exact) mass is 507 g/mol. The third-order valence-electron chi connectivity index (χ3n) is 4.85. The summed E-state index contributed by atoms with van der Waals surface area (Å²) >= 11 is 3.54. The van der Waals surface area contributed by atoms with Crippen molar-refractivity contribution in [2.75, 3.05) is 21.0 Å². The molecule has 32 heavy (non-hydrogen) atoms. The molecule has 2 aromatic carbocycles. The Balaban J connectivity index is 1.42. The van der Waals surface area contributed by atoms with E-state index in [1.54, 1.807) is 12.1 Å². The van der Waals surface area contributed by atoms with E-state index in [4.69, 9.17) is 23.8 Å². The van der Waals surface area contributed by atoms with Gasteiger partial charge < -0.3 is 23.8 Å². The molecule has 2 heterocycles. The minimum atomic E-state index is -0.486. The summed E-state index contributed by atoms with van der Waals surface area (Å²) in [6.45, 7) is 0.0593.